The molecule has 0 fully saturated rings. The van der Waals surface area contributed by atoms with E-state index < -0.39 is 0 Å². The van der Waals surface area contributed by atoms with Crippen molar-refractivity contribution >= 4 is 0 Å². The summed E-state index contributed by atoms with van der Waals surface area (Å²) in [5.74, 6) is 0.399. The third kappa shape index (κ3) is 1.51. The molecule has 0 spiro atoms. The van der Waals surface area contributed by atoms with Crippen LogP contribution in [0.3, 0.4) is 0 Å². The molecule has 0 aromatic heterocycles. The molecule has 1 aromatic carbocycles. The second-order valence-corrected chi connectivity index (χ2v) is 3.87. The van der Waals surface area contributed by atoms with Crippen LogP contribution in [0.15, 0.2) is 24.3 Å². The van der Waals surface area contributed by atoms with Gasteiger partial charge in [-0.15, -0.1) is 0 Å². The number of rotatable bonds is 1. The molecule has 2 atom stereocenters. The van der Waals surface area contributed by atoms with Crippen LogP contribution in [-0.2, 0) is 0 Å². The molecule has 0 bridgehead atoms. The molecule has 0 saturated carbocycles. The molecule has 1 aromatic rings. The summed E-state index contributed by atoms with van der Waals surface area (Å²) in [4.78, 5) is 0. The number of nitriles is 1. The topological polar surface area (TPSA) is 49.8 Å². The maximum absolute atomic E-state index is 8.73. The molecule has 2 nitrogen and oxygen atoms in total. The van der Waals surface area contributed by atoms with Gasteiger partial charge in [0.25, 0.3) is 0 Å². The number of nitrogens with two attached hydrogens (primary N) is 1. The van der Waals surface area contributed by atoms with Gasteiger partial charge in [-0.2, -0.15) is 5.26 Å². The number of fused-ring (bicyclic) bond motifs is 1. The van der Waals surface area contributed by atoms with Crippen molar-refractivity contribution in [3.05, 3.63) is 35.4 Å². The fraction of sp³-hybridized carbons (Fsp3) is 0.417. The highest BCUT2D eigenvalue weighted by Crippen LogP contribution is 2.37. The highest BCUT2D eigenvalue weighted by molar-refractivity contribution is 5.35. The minimum absolute atomic E-state index is 0.168. The highest BCUT2D eigenvalue weighted by Gasteiger charge is 2.23. The molecular weight excluding hydrogens is 172 g/mol. The van der Waals surface area contributed by atoms with Crippen LogP contribution in [0.4, 0.5) is 0 Å². The van der Waals surface area contributed by atoms with E-state index in [-0.39, 0.29) is 6.04 Å². The molecule has 1 aliphatic carbocycles. The average molecular weight is 186 g/mol. The lowest BCUT2D eigenvalue weighted by Gasteiger charge is -2.28. The fourth-order valence-electron chi connectivity index (χ4n) is 2.23. The van der Waals surface area contributed by atoms with Crippen LogP contribution in [0.1, 0.15) is 42.3 Å². The zero-order valence-corrected chi connectivity index (χ0v) is 8.11. The average Bonchev–Trinajstić information content (AvgIpc) is 2.23. The van der Waals surface area contributed by atoms with E-state index in [0.29, 0.717) is 12.3 Å². The Hall–Kier alpha value is -1.33. The summed E-state index contributed by atoms with van der Waals surface area (Å²) in [5.41, 5.74) is 8.54. The first-order valence-electron chi connectivity index (χ1n) is 5.04. The summed E-state index contributed by atoms with van der Waals surface area (Å²) in [7, 11) is 0. The zero-order valence-electron chi connectivity index (χ0n) is 8.11. The Morgan fingerprint density at radius 2 is 2.00 bits per heavy atom. The Kier molecular flexibility index (Phi) is 2.51. The molecule has 0 radical (unpaired) electrons. The van der Waals surface area contributed by atoms with Crippen molar-refractivity contribution in [3.63, 3.8) is 0 Å². The van der Waals surface area contributed by atoms with Crippen molar-refractivity contribution in [2.45, 2.75) is 31.2 Å². The molecule has 0 amide bonds. The monoisotopic (exact) mass is 186 g/mol. The molecule has 2 heteroatoms. The van der Waals surface area contributed by atoms with Gasteiger partial charge in [0.05, 0.1) is 6.07 Å². The maximum Gasteiger partial charge on any atom is 0.0628 e. The van der Waals surface area contributed by atoms with Crippen LogP contribution in [0.25, 0.3) is 0 Å². The lowest BCUT2D eigenvalue weighted by atomic mass is 9.79. The second-order valence-electron chi connectivity index (χ2n) is 3.87. The number of hydrogen-bond donors (Lipinski definition) is 1. The van der Waals surface area contributed by atoms with Crippen LogP contribution in [0.5, 0.6) is 0 Å². The first kappa shape index (κ1) is 9.23. The van der Waals surface area contributed by atoms with Crippen molar-refractivity contribution in [1.29, 1.82) is 5.26 Å². The largest absolute Gasteiger partial charge is 0.324 e. The third-order valence-corrected chi connectivity index (χ3v) is 3.00. The molecule has 1 unspecified atom stereocenters. The SMILES string of the molecule is N#CCC1CC[C@H](N)c2ccccc21. The fourth-order valence-corrected chi connectivity index (χ4v) is 2.23. The summed E-state index contributed by atoms with van der Waals surface area (Å²) >= 11 is 0. The summed E-state index contributed by atoms with van der Waals surface area (Å²) < 4.78 is 0. The Balaban J connectivity index is 2.37. The Morgan fingerprint density at radius 1 is 1.29 bits per heavy atom. The molecule has 72 valence electrons. The quantitative estimate of drug-likeness (QED) is 0.732. The van der Waals surface area contributed by atoms with E-state index in [0.717, 1.165) is 12.8 Å². The molecule has 0 saturated heterocycles. The van der Waals surface area contributed by atoms with E-state index >= 15 is 0 Å². The van der Waals surface area contributed by atoms with E-state index in [1.807, 2.05) is 12.1 Å². The van der Waals surface area contributed by atoms with Gasteiger partial charge in [-0.1, -0.05) is 24.3 Å². The van der Waals surface area contributed by atoms with Crippen LogP contribution >= 0.6 is 0 Å². The van der Waals surface area contributed by atoms with Gasteiger partial charge in [-0.05, 0) is 29.9 Å². The standard InChI is InChI=1S/C12H14N2/c13-8-7-9-5-6-12(14)11-4-2-1-3-10(9)11/h1-4,9,12H,5-7,14H2/t9?,12-/m0/s1. The number of nitrogens with zero attached hydrogens (tertiary/aromatic N) is 1. The summed E-state index contributed by atoms with van der Waals surface area (Å²) in [6.07, 6.45) is 2.67. The lowest BCUT2D eigenvalue weighted by Crippen LogP contribution is -2.20. The van der Waals surface area contributed by atoms with Gasteiger partial charge in [-0.3, -0.25) is 0 Å². The molecular formula is C12H14N2. The minimum Gasteiger partial charge on any atom is -0.324 e. The molecule has 2 N–H and O–H groups in total. The van der Waals surface area contributed by atoms with Crippen molar-refractivity contribution in [3.8, 4) is 6.07 Å². The van der Waals surface area contributed by atoms with Gasteiger partial charge in [0.15, 0.2) is 0 Å². The van der Waals surface area contributed by atoms with E-state index in [9.17, 15) is 0 Å². The van der Waals surface area contributed by atoms with Crippen molar-refractivity contribution < 1.29 is 0 Å². The van der Waals surface area contributed by atoms with Gasteiger partial charge in [0, 0.05) is 12.5 Å². The van der Waals surface area contributed by atoms with Gasteiger partial charge < -0.3 is 5.73 Å². The predicted octanol–water partition coefficient (Wildman–Crippen LogP) is 2.48. The maximum atomic E-state index is 8.73. The Morgan fingerprint density at radius 3 is 2.71 bits per heavy atom. The lowest BCUT2D eigenvalue weighted by molar-refractivity contribution is 0.496. The van der Waals surface area contributed by atoms with Crippen LogP contribution in [0, 0.1) is 11.3 Å². The zero-order chi connectivity index (χ0) is 9.97. The molecule has 14 heavy (non-hydrogen) atoms. The van der Waals surface area contributed by atoms with Crippen molar-refractivity contribution in [2.75, 3.05) is 0 Å². The van der Waals surface area contributed by atoms with Gasteiger partial charge in [-0.25, -0.2) is 0 Å². The predicted molar refractivity (Wildman–Crippen MR) is 55.6 cm³/mol. The van der Waals surface area contributed by atoms with E-state index in [1.165, 1.54) is 11.1 Å². The van der Waals surface area contributed by atoms with E-state index in [2.05, 4.69) is 18.2 Å². The van der Waals surface area contributed by atoms with Gasteiger partial charge in [0.1, 0.15) is 0 Å². The molecule has 2 rings (SSSR count). The van der Waals surface area contributed by atoms with E-state index in [4.69, 9.17) is 11.0 Å². The molecule has 0 heterocycles. The highest BCUT2D eigenvalue weighted by atomic mass is 14.6. The van der Waals surface area contributed by atoms with E-state index in [1.54, 1.807) is 0 Å². The smallest absolute Gasteiger partial charge is 0.0628 e. The van der Waals surface area contributed by atoms with Crippen LogP contribution in [0.2, 0.25) is 0 Å². The van der Waals surface area contributed by atoms with Crippen LogP contribution in [-0.4, -0.2) is 0 Å². The van der Waals surface area contributed by atoms with Crippen LogP contribution < -0.4 is 5.73 Å². The van der Waals surface area contributed by atoms with Gasteiger partial charge in [0.2, 0.25) is 0 Å². The second kappa shape index (κ2) is 3.81. The number of hydrogen-bond acceptors (Lipinski definition) is 2. The summed E-state index contributed by atoms with van der Waals surface area (Å²) in [5, 5.41) is 8.73. The normalized spacial score (nSPS) is 25.1. The minimum atomic E-state index is 0.168. The molecule has 0 aliphatic heterocycles. The number of benzene rings is 1. The summed E-state index contributed by atoms with van der Waals surface area (Å²) in [6.45, 7) is 0. The first-order chi connectivity index (χ1) is 6.83. The van der Waals surface area contributed by atoms with Crippen molar-refractivity contribution in [2.24, 2.45) is 5.73 Å². The molecule has 1 aliphatic rings. The third-order valence-electron chi connectivity index (χ3n) is 3.00. The van der Waals surface area contributed by atoms with Crippen molar-refractivity contribution in [1.82, 2.24) is 0 Å². The Bertz CT molecular complexity index is 365. The Labute approximate surface area is 84.3 Å². The van der Waals surface area contributed by atoms with Gasteiger partial charge >= 0.3 is 0 Å². The summed E-state index contributed by atoms with van der Waals surface area (Å²) in [6, 6.07) is 10.7. The first-order valence-corrected chi connectivity index (χ1v) is 5.04.